The van der Waals surface area contributed by atoms with Gasteiger partial charge in [0.1, 0.15) is 5.75 Å². The van der Waals surface area contributed by atoms with Crippen molar-refractivity contribution in [2.24, 2.45) is 0 Å². The molecule has 4 nitrogen and oxygen atoms in total. The Morgan fingerprint density at radius 1 is 1.07 bits per heavy atom. The molecule has 0 saturated heterocycles. The lowest BCUT2D eigenvalue weighted by molar-refractivity contribution is 0.0457. The lowest BCUT2D eigenvalue weighted by Gasteiger charge is -2.49. The van der Waals surface area contributed by atoms with Gasteiger partial charge in [-0.1, -0.05) is 37.3 Å². The van der Waals surface area contributed by atoms with Crippen molar-refractivity contribution >= 4 is 5.97 Å². The molecule has 1 unspecified atom stereocenters. The second kappa shape index (κ2) is 8.57. The SMILES string of the molecule is CCC(c1ccccc1)(c1cc(C(=O)OC)ccc1O)N(C(C)C)C(C)C. The summed E-state index contributed by atoms with van der Waals surface area (Å²) < 4.78 is 4.90. The van der Waals surface area contributed by atoms with Crippen LogP contribution in [0.25, 0.3) is 0 Å². The Morgan fingerprint density at radius 2 is 1.67 bits per heavy atom. The summed E-state index contributed by atoms with van der Waals surface area (Å²) in [6.07, 6.45) is 0.742. The Hall–Kier alpha value is -2.33. The number of ether oxygens (including phenoxy) is 1. The van der Waals surface area contributed by atoms with E-state index >= 15 is 0 Å². The second-order valence-corrected chi connectivity index (χ2v) is 7.40. The van der Waals surface area contributed by atoms with E-state index in [1.54, 1.807) is 18.2 Å². The number of carbonyl (C=O) groups excluding carboxylic acids is 1. The van der Waals surface area contributed by atoms with Crippen LogP contribution in [0.5, 0.6) is 5.75 Å². The van der Waals surface area contributed by atoms with Gasteiger partial charge in [0.05, 0.1) is 18.2 Å². The summed E-state index contributed by atoms with van der Waals surface area (Å²) >= 11 is 0. The fraction of sp³-hybridized carbons (Fsp3) is 0.435. The molecule has 0 radical (unpaired) electrons. The molecule has 2 rings (SSSR count). The number of phenolic OH excluding ortho intramolecular Hbond substituents is 1. The molecule has 0 aromatic heterocycles. The number of phenols is 1. The van der Waals surface area contributed by atoms with E-state index in [0.29, 0.717) is 5.56 Å². The largest absolute Gasteiger partial charge is 0.508 e. The molecule has 146 valence electrons. The third-order valence-electron chi connectivity index (χ3n) is 5.18. The van der Waals surface area contributed by atoms with Gasteiger partial charge in [0.25, 0.3) is 0 Å². The molecule has 0 aliphatic rings. The predicted molar refractivity (Wildman–Crippen MR) is 109 cm³/mol. The van der Waals surface area contributed by atoms with Gasteiger partial charge in [-0.25, -0.2) is 4.79 Å². The molecule has 4 heteroatoms. The van der Waals surface area contributed by atoms with Crippen LogP contribution >= 0.6 is 0 Å². The molecule has 0 amide bonds. The van der Waals surface area contributed by atoms with Gasteiger partial charge in [-0.15, -0.1) is 0 Å². The first kappa shape index (κ1) is 21.0. The Morgan fingerprint density at radius 3 is 2.15 bits per heavy atom. The second-order valence-electron chi connectivity index (χ2n) is 7.40. The van der Waals surface area contributed by atoms with Gasteiger partial charge in [-0.05, 0) is 57.9 Å². The van der Waals surface area contributed by atoms with E-state index in [4.69, 9.17) is 4.74 Å². The summed E-state index contributed by atoms with van der Waals surface area (Å²) in [4.78, 5) is 14.6. The average molecular weight is 370 g/mol. The summed E-state index contributed by atoms with van der Waals surface area (Å²) in [6, 6.07) is 15.6. The van der Waals surface area contributed by atoms with Crippen molar-refractivity contribution < 1.29 is 14.6 Å². The van der Waals surface area contributed by atoms with E-state index in [9.17, 15) is 9.90 Å². The smallest absolute Gasteiger partial charge is 0.337 e. The number of hydrogen-bond donors (Lipinski definition) is 1. The first-order valence-electron chi connectivity index (χ1n) is 9.55. The first-order chi connectivity index (χ1) is 12.8. The average Bonchev–Trinajstić information content (AvgIpc) is 2.66. The topological polar surface area (TPSA) is 49.8 Å². The molecule has 0 spiro atoms. The Labute approximate surface area is 162 Å². The molecular weight excluding hydrogens is 338 g/mol. The third kappa shape index (κ3) is 3.86. The van der Waals surface area contributed by atoms with Crippen LogP contribution in [0.3, 0.4) is 0 Å². The number of nitrogens with zero attached hydrogens (tertiary/aromatic N) is 1. The molecule has 0 aliphatic carbocycles. The zero-order chi connectivity index (χ0) is 20.2. The summed E-state index contributed by atoms with van der Waals surface area (Å²) in [5.74, 6) is -0.227. The van der Waals surface area contributed by atoms with Crippen LogP contribution in [0.2, 0.25) is 0 Å². The summed E-state index contributed by atoms with van der Waals surface area (Å²) in [5, 5.41) is 10.9. The molecule has 1 atom stereocenters. The maximum absolute atomic E-state index is 12.1. The van der Waals surface area contributed by atoms with Crippen molar-refractivity contribution in [2.75, 3.05) is 7.11 Å². The minimum Gasteiger partial charge on any atom is -0.508 e. The first-order valence-corrected chi connectivity index (χ1v) is 9.55. The Bertz CT molecular complexity index is 762. The monoisotopic (exact) mass is 369 g/mol. The van der Waals surface area contributed by atoms with Gasteiger partial charge in [-0.3, -0.25) is 4.90 Å². The molecule has 27 heavy (non-hydrogen) atoms. The van der Waals surface area contributed by atoms with E-state index < -0.39 is 11.5 Å². The van der Waals surface area contributed by atoms with E-state index in [1.165, 1.54) is 7.11 Å². The van der Waals surface area contributed by atoms with E-state index in [1.807, 2.05) is 18.2 Å². The van der Waals surface area contributed by atoms with E-state index in [0.717, 1.165) is 17.5 Å². The maximum atomic E-state index is 12.1. The van der Waals surface area contributed by atoms with Crippen molar-refractivity contribution in [1.82, 2.24) is 4.90 Å². The predicted octanol–water partition coefficient (Wildman–Crippen LogP) is 4.95. The van der Waals surface area contributed by atoms with Gasteiger partial charge >= 0.3 is 5.97 Å². The van der Waals surface area contributed by atoms with Crippen molar-refractivity contribution in [3.8, 4) is 5.75 Å². The molecule has 2 aromatic carbocycles. The highest BCUT2D eigenvalue weighted by Crippen LogP contribution is 2.45. The van der Waals surface area contributed by atoms with Crippen LogP contribution < -0.4 is 0 Å². The maximum Gasteiger partial charge on any atom is 0.337 e. The van der Waals surface area contributed by atoms with Crippen molar-refractivity contribution in [3.63, 3.8) is 0 Å². The van der Waals surface area contributed by atoms with Gasteiger partial charge in [0.15, 0.2) is 0 Å². The molecule has 0 bridgehead atoms. The summed E-state index contributed by atoms with van der Waals surface area (Å²) in [7, 11) is 1.37. The fourth-order valence-electron chi connectivity index (χ4n) is 4.32. The van der Waals surface area contributed by atoms with Crippen molar-refractivity contribution in [3.05, 3.63) is 65.2 Å². The number of aromatic hydroxyl groups is 1. The molecule has 0 aliphatic heterocycles. The van der Waals surface area contributed by atoms with Crippen LogP contribution in [-0.4, -0.2) is 35.2 Å². The van der Waals surface area contributed by atoms with Crippen LogP contribution in [0.15, 0.2) is 48.5 Å². The number of esters is 1. The minimum absolute atomic E-state index is 0.180. The van der Waals surface area contributed by atoms with Crippen molar-refractivity contribution in [1.29, 1.82) is 0 Å². The highest BCUT2D eigenvalue weighted by Gasteiger charge is 2.43. The lowest BCUT2D eigenvalue weighted by Crippen LogP contribution is -2.53. The third-order valence-corrected chi connectivity index (χ3v) is 5.18. The van der Waals surface area contributed by atoms with Crippen molar-refractivity contribution in [2.45, 2.75) is 58.7 Å². The standard InChI is InChI=1S/C23H31NO3/c1-7-23(19-11-9-8-10-12-19,24(16(2)3)17(4)5)20-15-18(22(26)27-6)13-14-21(20)25/h8-17,25H,7H2,1-6H3. The molecule has 0 fully saturated rings. The van der Waals surface area contributed by atoms with E-state index in [-0.39, 0.29) is 17.8 Å². The normalized spacial score (nSPS) is 13.8. The molecule has 0 heterocycles. The van der Waals surface area contributed by atoms with Gasteiger partial charge in [0.2, 0.25) is 0 Å². The Kier molecular flexibility index (Phi) is 6.66. The minimum atomic E-state index is -0.572. The Balaban J connectivity index is 2.87. The molecule has 2 aromatic rings. The van der Waals surface area contributed by atoms with Crippen LogP contribution in [-0.2, 0) is 10.3 Å². The fourth-order valence-corrected chi connectivity index (χ4v) is 4.32. The molecular formula is C23H31NO3. The zero-order valence-electron chi connectivity index (χ0n) is 17.2. The number of rotatable bonds is 7. The number of carbonyl (C=O) groups is 1. The molecule has 1 N–H and O–H groups in total. The zero-order valence-corrected chi connectivity index (χ0v) is 17.2. The molecule has 0 saturated carbocycles. The highest BCUT2D eigenvalue weighted by molar-refractivity contribution is 5.90. The summed E-state index contributed by atoms with van der Waals surface area (Å²) in [6.45, 7) is 10.8. The number of benzene rings is 2. The quantitative estimate of drug-likeness (QED) is 0.702. The van der Waals surface area contributed by atoms with Crippen LogP contribution in [0, 0.1) is 0 Å². The van der Waals surface area contributed by atoms with Gasteiger partial charge in [0, 0.05) is 17.6 Å². The lowest BCUT2D eigenvalue weighted by atomic mass is 9.76. The van der Waals surface area contributed by atoms with Crippen LogP contribution in [0.4, 0.5) is 0 Å². The van der Waals surface area contributed by atoms with Gasteiger partial charge < -0.3 is 9.84 Å². The number of hydrogen-bond acceptors (Lipinski definition) is 4. The van der Waals surface area contributed by atoms with Gasteiger partial charge in [-0.2, -0.15) is 0 Å². The van der Waals surface area contributed by atoms with Crippen LogP contribution in [0.1, 0.15) is 62.5 Å². The highest BCUT2D eigenvalue weighted by atomic mass is 16.5. The van der Waals surface area contributed by atoms with E-state index in [2.05, 4.69) is 51.7 Å². The summed E-state index contributed by atoms with van der Waals surface area (Å²) in [5.41, 5.74) is 1.68. The number of methoxy groups -OCH3 is 1.